The summed E-state index contributed by atoms with van der Waals surface area (Å²) < 4.78 is 0. The number of hydrogen-bond acceptors (Lipinski definition) is 1. The number of likely N-dealkylation sites (tertiary alicyclic amines) is 1. The number of piperidine rings is 1. The minimum atomic E-state index is 1.05. The Labute approximate surface area is 95.3 Å². The number of rotatable bonds is 5. The van der Waals surface area contributed by atoms with Gasteiger partial charge >= 0.3 is 0 Å². The monoisotopic (exact) mass is 210 g/mol. The van der Waals surface area contributed by atoms with Gasteiger partial charge in [-0.05, 0) is 25.7 Å². The van der Waals surface area contributed by atoms with E-state index in [4.69, 9.17) is 11.8 Å². The molecule has 1 heterocycles. The SMILES string of the molecule is CCCCC1CCC[NH+](CCC)C1.[C-]#N. The van der Waals surface area contributed by atoms with Crippen LogP contribution in [0.5, 0.6) is 0 Å². The number of nitrogens with zero attached hydrogens (tertiary/aromatic N) is 1. The van der Waals surface area contributed by atoms with Crippen LogP contribution in [0.4, 0.5) is 0 Å². The quantitative estimate of drug-likeness (QED) is 0.691. The fourth-order valence-electron chi connectivity index (χ4n) is 2.57. The molecule has 0 aromatic carbocycles. The average molecular weight is 210 g/mol. The second-order valence-corrected chi connectivity index (χ2v) is 4.60. The number of nitrogens with one attached hydrogen (secondary N) is 1. The van der Waals surface area contributed by atoms with Crippen LogP contribution in [-0.4, -0.2) is 19.6 Å². The standard InChI is InChI=1S/C12H25N.CN/c1-3-5-7-12-8-6-10-13(11-12)9-4-2;1-2/h12H,3-11H2,1-2H3;/q;-1/p+1. The van der Waals surface area contributed by atoms with Crippen molar-refractivity contribution in [3.8, 4) is 0 Å². The van der Waals surface area contributed by atoms with Crippen LogP contribution in [0.25, 0.3) is 0 Å². The van der Waals surface area contributed by atoms with E-state index >= 15 is 0 Å². The molecule has 1 rings (SSSR count). The van der Waals surface area contributed by atoms with Crippen molar-refractivity contribution >= 4 is 0 Å². The van der Waals surface area contributed by atoms with Crippen LogP contribution in [0.2, 0.25) is 0 Å². The summed E-state index contributed by atoms with van der Waals surface area (Å²) in [5.41, 5.74) is 0. The van der Waals surface area contributed by atoms with Gasteiger partial charge < -0.3 is 16.7 Å². The normalized spacial score (nSPS) is 25.3. The molecule has 0 aromatic rings. The Morgan fingerprint density at radius 3 is 2.60 bits per heavy atom. The van der Waals surface area contributed by atoms with Crippen LogP contribution in [0.1, 0.15) is 52.4 Å². The van der Waals surface area contributed by atoms with Crippen molar-refractivity contribution in [1.29, 1.82) is 5.26 Å². The van der Waals surface area contributed by atoms with E-state index in [0.717, 1.165) is 5.92 Å². The first-order valence-corrected chi connectivity index (χ1v) is 6.42. The largest absolute Gasteiger partial charge is 0.512 e. The van der Waals surface area contributed by atoms with Gasteiger partial charge in [0.1, 0.15) is 0 Å². The third-order valence-electron chi connectivity index (χ3n) is 3.29. The Kier molecular flexibility index (Phi) is 9.62. The topological polar surface area (TPSA) is 28.2 Å². The van der Waals surface area contributed by atoms with E-state index in [1.54, 1.807) is 0 Å². The fraction of sp³-hybridized carbons (Fsp3) is 0.923. The number of hydrogen-bond donors (Lipinski definition) is 1. The van der Waals surface area contributed by atoms with Crippen LogP contribution >= 0.6 is 0 Å². The smallest absolute Gasteiger partial charge is 0.0799 e. The molecule has 0 spiro atoms. The van der Waals surface area contributed by atoms with Crippen molar-refractivity contribution < 1.29 is 4.90 Å². The number of quaternary nitrogens is 1. The maximum Gasteiger partial charge on any atom is 0.0799 e. The van der Waals surface area contributed by atoms with E-state index in [1.807, 2.05) is 4.90 Å². The van der Waals surface area contributed by atoms with Crippen molar-refractivity contribution in [2.75, 3.05) is 19.6 Å². The summed E-state index contributed by atoms with van der Waals surface area (Å²) in [5.74, 6) is 1.05. The van der Waals surface area contributed by atoms with Crippen molar-refractivity contribution in [1.82, 2.24) is 0 Å². The summed E-state index contributed by atoms with van der Waals surface area (Å²) in [6, 6.07) is 0. The van der Waals surface area contributed by atoms with E-state index in [9.17, 15) is 0 Å². The highest BCUT2D eigenvalue weighted by Crippen LogP contribution is 2.14. The summed E-state index contributed by atoms with van der Waals surface area (Å²) in [7, 11) is 0. The Morgan fingerprint density at radius 1 is 1.27 bits per heavy atom. The zero-order valence-electron chi connectivity index (χ0n) is 10.4. The molecular weight excluding hydrogens is 184 g/mol. The predicted molar refractivity (Wildman–Crippen MR) is 63.1 cm³/mol. The van der Waals surface area contributed by atoms with Gasteiger partial charge in [-0.2, -0.15) is 0 Å². The summed E-state index contributed by atoms with van der Waals surface area (Å²) in [5, 5.41) is 6.25. The van der Waals surface area contributed by atoms with E-state index < -0.39 is 0 Å². The molecule has 0 bridgehead atoms. The first-order chi connectivity index (χ1) is 7.36. The average Bonchev–Trinajstić information content (AvgIpc) is 2.30. The summed E-state index contributed by atoms with van der Waals surface area (Å²) in [6.07, 6.45) is 8.65. The van der Waals surface area contributed by atoms with Crippen LogP contribution < -0.4 is 4.90 Å². The highest BCUT2D eigenvalue weighted by molar-refractivity contribution is 4.61. The fourth-order valence-corrected chi connectivity index (χ4v) is 2.57. The maximum absolute atomic E-state index is 6.25. The molecule has 1 saturated heterocycles. The highest BCUT2D eigenvalue weighted by Gasteiger charge is 2.21. The molecule has 88 valence electrons. The molecule has 2 nitrogen and oxygen atoms in total. The molecule has 0 amide bonds. The van der Waals surface area contributed by atoms with E-state index in [-0.39, 0.29) is 0 Å². The van der Waals surface area contributed by atoms with Gasteiger partial charge in [0.15, 0.2) is 0 Å². The molecule has 0 saturated carbocycles. The molecule has 1 aliphatic rings. The molecule has 2 atom stereocenters. The van der Waals surface area contributed by atoms with Crippen molar-refractivity contribution in [2.24, 2.45) is 5.92 Å². The molecular formula is C13H26N2. The second kappa shape index (κ2) is 9.98. The molecule has 1 fully saturated rings. The van der Waals surface area contributed by atoms with Crippen LogP contribution in [0.15, 0.2) is 0 Å². The van der Waals surface area contributed by atoms with Gasteiger partial charge in [0, 0.05) is 5.92 Å². The lowest BCUT2D eigenvalue weighted by Crippen LogP contribution is -3.13. The third kappa shape index (κ3) is 6.52. The zero-order chi connectivity index (χ0) is 11.5. The minimum Gasteiger partial charge on any atom is -0.512 e. The summed E-state index contributed by atoms with van der Waals surface area (Å²) in [6.45, 7) is 13.7. The van der Waals surface area contributed by atoms with Gasteiger partial charge in [0.25, 0.3) is 0 Å². The molecule has 0 radical (unpaired) electrons. The van der Waals surface area contributed by atoms with E-state index in [0.29, 0.717) is 0 Å². The van der Waals surface area contributed by atoms with Crippen molar-refractivity contribution in [3.63, 3.8) is 0 Å². The Balaban J connectivity index is 0.000000921. The first-order valence-electron chi connectivity index (χ1n) is 6.42. The van der Waals surface area contributed by atoms with Crippen LogP contribution in [0.3, 0.4) is 0 Å². The van der Waals surface area contributed by atoms with Crippen LogP contribution in [-0.2, 0) is 0 Å². The molecule has 2 heteroatoms. The Morgan fingerprint density at radius 2 is 2.00 bits per heavy atom. The number of unbranched alkanes of at least 4 members (excludes halogenated alkanes) is 1. The van der Waals surface area contributed by atoms with Gasteiger partial charge in [0.2, 0.25) is 0 Å². The summed E-state index contributed by atoms with van der Waals surface area (Å²) in [4.78, 5) is 1.87. The molecule has 0 aliphatic carbocycles. The predicted octanol–water partition coefficient (Wildman–Crippen LogP) is 1.98. The van der Waals surface area contributed by atoms with Crippen LogP contribution in [0, 0.1) is 17.8 Å². The molecule has 1 aliphatic heterocycles. The first kappa shape index (κ1) is 14.5. The lowest BCUT2D eigenvalue weighted by atomic mass is 9.93. The van der Waals surface area contributed by atoms with Gasteiger partial charge in [-0.1, -0.05) is 26.7 Å². The molecule has 0 aromatic heterocycles. The maximum atomic E-state index is 6.25. The minimum absolute atomic E-state index is 1.05. The highest BCUT2D eigenvalue weighted by atomic mass is 15.1. The van der Waals surface area contributed by atoms with E-state index in [1.165, 1.54) is 58.2 Å². The van der Waals surface area contributed by atoms with Gasteiger partial charge in [-0.15, -0.1) is 0 Å². The zero-order valence-corrected chi connectivity index (χ0v) is 10.4. The lowest BCUT2D eigenvalue weighted by Gasteiger charge is -2.29. The van der Waals surface area contributed by atoms with Gasteiger partial charge in [-0.3, -0.25) is 0 Å². The summed E-state index contributed by atoms with van der Waals surface area (Å²) >= 11 is 0. The molecule has 15 heavy (non-hydrogen) atoms. The van der Waals surface area contributed by atoms with Crippen molar-refractivity contribution in [2.45, 2.75) is 52.4 Å². The van der Waals surface area contributed by atoms with E-state index in [2.05, 4.69) is 13.8 Å². The van der Waals surface area contributed by atoms with Gasteiger partial charge in [0.05, 0.1) is 19.6 Å². The second-order valence-electron chi connectivity index (χ2n) is 4.60. The third-order valence-corrected chi connectivity index (χ3v) is 3.29. The van der Waals surface area contributed by atoms with Gasteiger partial charge in [-0.25, -0.2) is 0 Å². The lowest BCUT2D eigenvalue weighted by molar-refractivity contribution is -0.908. The molecule has 2 unspecified atom stereocenters. The van der Waals surface area contributed by atoms with Crippen molar-refractivity contribution in [3.05, 3.63) is 6.57 Å². The Bertz CT molecular complexity index is 152. The Hall–Kier alpha value is -0.550. The molecule has 1 N–H and O–H groups in total.